The van der Waals surface area contributed by atoms with Gasteiger partial charge in [-0.05, 0) is 26.3 Å². The Labute approximate surface area is 97.8 Å². The molecule has 0 fully saturated rings. The normalized spacial score (nSPS) is 16.7. The predicted molar refractivity (Wildman–Crippen MR) is 73.4 cm³/mol. The molecule has 0 aromatic carbocycles. The third kappa shape index (κ3) is 6.24. The van der Waals surface area contributed by atoms with Crippen LogP contribution in [0.3, 0.4) is 0 Å². The van der Waals surface area contributed by atoms with Gasteiger partial charge in [-0.3, -0.25) is 0 Å². The first-order valence-corrected chi connectivity index (χ1v) is 6.40. The summed E-state index contributed by atoms with van der Waals surface area (Å²) in [4.78, 5) is 0. The van der Waals surface area contributed by atoms with Crippen molar-refractivity contribution in [1.29, 1.82) is 0 Å². The Kier molecular flexibility index (Phi) is 5.94. The molecular weight excluding hydrogens is 181 g/mol. The first kappa shape index (κ1) is 15.0. The number of hydrogen-bond acceptors (Lipinski definition) is 1. The molecule has 0 aromatic heterocycles. The molecule has 0 saturated heterocycles. The maximum atomic E-state index is 3.48. The molecule has 0 aliphatic rings. The molecule has 0 unspecified atom stereocenters. The van der Waals surface area contributed by atoms with Crippen molar-refractivity contribution in [2.45, 2.75) is 71.2 Å². The van der Waals surface area contributed by atoms with Crippen LogP contribution in [0.1, 0.15) is 60.3 Å². The Morgan fingerprint density at radius 1 is 1.07 bits per heavy atom. The molecule has 0 aliphatic carbocycles. The summed E-state index contributed by atoms with van der Waals surface area (Å²) in [5.41, 5.74) is 0.317. The molecule has 0 heterocycles. The van der Waals surface area contributed by atoms with Gasteiger partial charge < -0.3 is 5.32 Å². The van der Waals surface area contributed by atoms with Gasteiger partial charge in [0, 0.05) is 5.54 Å². The average molecular weight is 211 g/mol. The minimum absolute atomic E-state index is 0.317. The predicted octanol–water partition coefficient (Wildman–Crippen LogP) is 3.01. The van der Waals surface area contributed by atoms with Gasteiger partial charge in [0.15, 0.2) is 0 Å². The van der Waals surface area contributed by atoms with Gasteiger partial charge in [-0.15, -0.1) is 0 Å². The molecule has 90 valence electrons. The molecule has 0 rings (SSSR count). The molecule has 1 N–H and O–H groups in total. The third-order valence-electron chi connectivity index (χ3n) is 3.72. The van der Waals surface area contributed by atoms with Crippen LogP contribution in [-0.4, -0.2) is 20.4 Å². The van der Waals surface area contributed by atoms with Crippen LogP contribution >= 0.6 is 0 Å². The summed E-state index contributed by atoms with van der Waals surface area (Å²) >= 11 is 0. The second-order valence-corrected chi connectivity index (χ2v) is 6.59. The lowest BCUT2D eigenvalue weighted by atomic mass is 9.69. The number of unbranched alkanes of at least 4 members (excludes halogenated alkanes) is 1. The van der Waals surface area contributed by atoms with Gasteiger partial charge >= 0.3 is 0 Å². The summed E-state index contributed by atoms with van der Waals surface area (Å²) < 4.78 is 0. The summed E-state index contributed by atoms with van der Waals surface area (Å²) in [6, 6.07) is 0. The van der Waals surface area contributed by atoms with Crippen molar-refractivity contribution in [3.63, 3.8) is 0 Å². The van der Waals surface area contributed by atoms with E-state index in [0.717, 1.165) is 0 Å². The maximum absolute atomic E-state index is 3.48. The highest BCUT2D eigenvalue weighted by molar-refractivity contribution is 6.14. The quantitative estimate of drug-likeness (QED) is 0.504. The van der Waals surface area contributed by atoms with Gasteiger partial charge in [0.05, 0.1) is 0 Å². The lowest BCUT2D eigenvalue weighted by molar-refractivity contribution is 0.251. The lowest BCUT2D eigenvalue weighted by Gasteiger charge is -2.34. The number of hydrogen-bond donors (Lipinski definition) is 1. The van der Waals surface area contributed by atoms with Gasteiger partial charge in [-0.25, -0.2) is 0 Å². The third-order valence-corrected chi connectivity index (χ3v) is 3.72. The van der Waals surface area contributed by atoms with Crippen LogP contribution in [0.2, 0.25) is 5.31 Å². The van der Waals surface area contributed by atoms with Crippen LogP contribution in [0.15, 0.2) is 0 Å². The lowest BCUT2D eigenvalue weighted by Crippen LogP contribution is -2.44. The fourth-order valence-corrected chi connectivity index (χ4v) is 1.85. The molecule has 1 atom stereocenters. The highest BCUT2D eigenvalue weighted by Gasteiger charge is 2.25. The molecular formula is C13H30BN. The van der Waals surface area contributed by atoms with E-state index >= 15 is 0 Å². The second-order valence-electron chi connectivity index (χ2n) is 6.59. The first-order valence-electron chi connectivity index (χ1n) is 6.40. The van der Waals surface area contributed by atoms with E-state index in [9.17, 15) is 0 Å². The topological polar surface area (TPSA) is 12.0 Å². The Morgan fingerprint density at radius 2 is 1.53 bits per heavy atom. The molecule has 2 heteroatoms. The molecule has 0 saturated carbocycles. The van der Waals surface area contributed by atoms with Crippen molar-refractivity contribution in [3.05, 3.63) is 0 Å². The zero-order valence-corrected chi connectivity index (χ0v) is 11.9. The highest BCUT2D eigenvalue weighted by atomic mass is 14.9. The van der Waals surface area contributed by atoms with E-state index in [1.807, 2.05) is 0 Å². The zero-order valence-electron chi connectivity index (χ0n) is 11.9. The smallest absolute Gasteiger partial charge is 0.108 e. The second kappa shape index (κ2) is 5.93. The van der Waals surface area contributed by atoms with E-state index in [4.69, 9.17) is 0 Å². The Bertz CT molecular complexity index is 172. The van der Waals surface area contributed by atoms with E-state index in [0.29, 0.717) is 16.8 Å². The summed E-state index contributed by atoms with van der Waals surface area (Å²) in [6.07, 6.45) is 5.32. The standard InChI is InChI=1S/C13H30BN/c1-11(2)13(5,15-6)10-8-7-9-12(3,4)14/h11,15H,7-10,14H2,1-6H3/t13-/m0/s1. The van der Waals surface area contributed by atoms with Gasteiger partial charge in [0.1, 0.15) is 7.85 Å². The minimum Gasteiger partial charge on any atom is -0.314 e. The van der Waals surface area contributed by atoms with Crippen LogP contribution in [0.4, 0.5) is 0 Å². The van der Waals surface area contributed by atoms with E-state index in [2.05, 4.69) is 54.8 Å². The van der Waals surface area contributed by atoms with Gasteiger partial charge in [-0.2, -0.15) is 0 Å². The number of rotatable bonds is 7. The molecule has 0 spiro atoms. The summed E-state index contributed by atoms with van der Waals surface area (Å²) in [6.45, 7) is 11.6. The van der Waals surface area contributed by atoms with E-state index in [1.54, 1.807) is 0 Å². The van der Waals surface area contributed by atoms with Gasteiger partial charge in [0.25, 0.3) is 0 Å². The van der Waals surface area contributed by atoms with E-state index in [1.165, 1.54) is 25.7 Å². The minimum atomic E-state index is 0.317. The summed E-state index contributed by atoms with van der Waals surface area (Å²) in [5, 5.41) is 3.97. The van der Waals surface area contributed by atoms with E-state index < -0.39 is 0 Å². The summed E-state index contributed by atoms with van der Waals surface area (Å²) in [7, 11) is 4.41. The van der Waals surface area contributed by atoms with Crippen molar-refractivity contribution < 1.29 is 0 Å². The molecule has 0 radical (unpaired) electrons. The van der Waals surface area contributed by atoms with E-state index in [-0.39, 0.29) is 0 Å². The Hall–Kier alpha value is 0.0249. The Morgan fingerprint density at radius 3 is 1.87 bits per heavy atom. The van der Waals surface area contributed by atoms with Crippen LogP contribution in [0.5, 0.6) is 0 Å². The highest BCUT2D eigenvalue weighted by Crippen LogP contribution is 2.29. The van der Waals surface area contributed by atoms with Crippen molar-refractivity contribution in [3.8, 4) is 0 Å². The fraction of sp³-hybridized carbons (Fsp3) is 1.00. The Balaban J connectivity index is 3.84. The van der Waals surface area contributed by atoms with Crippen molar-refractivity contribution in [1.82, 2.24) is 5.32 Å². The van der Waals surface area contributed by atoms with Crippen LogP contribution in [0.25, 0.3) is 0 Å². The number of nitrogens with one attached hydrogen (secondary N) is 1. The van der Waals surface area contributed by atoms with Crippen LogP contribution < -0.4 is 5.32 Å². The van der Waals surface area contributed by atoms with Crippen LogP contribution in [-0.2, 0) is 0 Å². The van der Waals surface area contributed by atoms with Crippen molar-refractivity contribution in [2.75, 3.05) is 7.05 Å². The van der Waals surface area contributed by atoms with Gasteiger partial charge in [0.2, 0.25) is 0 Å². The SMILES string of the molecule is BC(C)(C)CCCC[C@](C)(NC)C(C)C. The van der Waals surface area contributed by atoms with Crippen molar-refractivity contribution >= 4 is 7.85 Å². The van der Waals surface area contributed by atoms with Crippen LogP contribution in [0, 0.1) is 5.92 Å². The van der Waals surface area contributed by atoms with Gasteiger partial charge in [-0.1, -0.05) is 52.3 Å². The fourth-order valence-electron chi connectivity index (χ4n) is 1.85. The maximum Gasteiger partial charge on any atom is 0.108 e. The zero-order chi connectivity index (χ0) is 12.1. The summed E-state index contributed by atoms with van der Waals surface area (Å²) in [5.74, 6) is 0.706. The molecule has 0 amide bonds. The molecule has 1 nitrogen and oxygen atoms in total. The molecule has 0 bridgehead atoms. The molecule has 0 aromatic rings. The average Bonchev–Trinajstić information content (AvgIpc) is 2.10. The molecule has 0 aliphatic heterocycles. The molecule has 15 heavy (non-hydrogen) atoms. The first-order chi connectivity index (χ1) is 6.71. The van der Waals surface area contributed by atoms with Crippen molar-refractivity contribution in [2.24, 2.45) is 5.92 Å². The monoisotopic (exact) mass is 211 g/mol. The largest absolute Gasteiger partial charge is 0.314 e.